The van der Waals surface area contributed by atoms with Gasteiger partial charge < -0.3 is 10.1 Å². The molecule has 0 saturated carbocycles. The number of nitrogens with one attached hydrogen (secondary N) is 1. The van der Waals surface area contributed by atoms with Crippen molar-refractivity contribution in [3.8, 4) is 5.75 Å². The van der Waals surface area contributed by atoms with E-state index in [1.54, 1.807) is 0 Å². The van der Waals surface area contributed by atoms with Crippen LogP contribution in [0.25, 0.3) is 0 Å². The molecule has 0 fully saturated rings. The second-order valence-electron chi connectivity index (χ2n) is 8.58. The van der Waals surface area contributed by atoms with Crippen LogP contribution < -0.4 is 10.1 Å². The Labute approximate surface area is 203 Å². The van der Waals surface area contributed by atoms with Gasteiger partial charge in [-0.3, -0.25) is 4.90 Å². The van der Waals surface area contributed by atoms with Crippen molar-refractivity contribution in [1.82, 2.24) is 4.90 Å². The van der Waals surface area contributed by atoms with Crippen LogP contribution >= 0.6 is 11.6 Å². The van der Waals surface area contributed by atoms with E-state index >= 15 is 0 Å². The first-order valence-electron chi connectivity index (χ1n) is 11.6. The third kappa shape index (κ3) is 7.92. The lowest BCUT2D eigenvalue weighted by molar-refractivity contribution is 0.160. The van der Waals surface area contributed by atoms with Crippen LogP contribution in [0.2, 0.25) is 5.02 Å². The number of amidine groups is 1. The predicted octanol–water partition coefficient (Wildman–Crippen LogP) is 7.42. The maximum absolute atomic E-state index is 6.02. The molecular weight excluding hydrogens is 430 g/mol. The summed E-state index contributed by atoms with van der Waals surface area (Å²) in [6, 6.07) is 26.7. The number of nitrogens with zero attached hydrogens (tertiary/aromatic N) is 2. The number of ether oxygens (including phenoxy) is 1. The normalized spacial score (nSPS) is 11.9. The van der Waals surface area contributed by atoms with Crippen LogP contribution in [0.5, 0.6) is 5.75 Å². The molecule has 174 valence electrons. The summed E-state index contributed by atoms with van der Waals surface area (Å²) in [5, 5.41) is 4.14. The van der Waals surface area contributed by atoms with Gasteiger partial charge in [0.2, 0.25) is 0 Å². The number of hydrogen-bond donors (Lipinski definition) is 1. The first-order chi connectivity index (χ1) is 15.9. The lowest BCUT2D eigenvalue weighted by Crippen LogP contribution is -2.38. The number of anilines is 1. The lowest BCUT2D eigenvalue weighted by atomic mass is 10.2. The maximum atomic E-state index is 6.02. The van der Waals surface area contributed by atoms with E-state index in [0.717, 1.165) is 41.5 Å². The van der Waals surface area contributed by atoms with Crippen molar-refractivity contribution in [3.05, 3.63) is 89.4 Å². The Balaban J connectivity index is 1.63. The standard InChI is InChI=1S/C28H34ClN3O/c1-21(2)32(22(3)4)19-8-20-33-27-17-15-26(16-18-27)31-28(23-9-6-5-7-10-23)30-25-13-11-24(29)12-14-25/h5-7,9-18,21-22H,8,19-20H2,1-4H3,(H,30,31). The molecule has 3 aromatic carbocycles. The van der Waals surface area contributed by atoms with E-state index in [2.05, 4.69) is 37.9 Å². The van der Waals surface area contributed by atoms with Crippen LogP contribution in [0.3, 0.4) is 0 Å². The van der Waals surface area contributed by atoms with E-state index in [-0.39, 0.29) is 0 Å². The van der Waals surface area contributed by atoms with Gasteiger partial charge in [0.25, 0.3) is 0 Å². The van der Waals surface area contributed by atoms with Crippen LogP contribution in [0, 0.1) is 0 Å². The summed E-state index contributed by atoms with van der Waals surface area (Å²) >= 11 is 6.02. The zero-order valence-electron chi connectivity index (χ0n) is 20.0. The Hall–Kier alpha value is -2.82. The molecule has 0 aliphatic carbocycles. The molecule has 5 heteroatoms. The van der Waals surface area contributed by atoms with E-state index in [1.165, 1.54) is 0 Å². The van der Waals surface area contributed by atoms with Crippen molar-refractivity contribution in [2.75, 3.05) is 18.5 Å². The van der Waals surface area contributed by atoms with Crippen molar-refractivity contribution in [2.24, 2.45) is 4.99 Å². The fourth-order valence-electron chi connectivity index (χ4n) is 3.73. The molecular formula is C28H34ClN3O. The van der Waals surface area contributed by atoms with Gasteiger partial charge in [0.05, 0.1) is 12.3 Å². The summed E-state index contributed by atoms with van der Waals surface area (Å²) in [6.45, 7) is 10.7. The van der Waals surface area contributed by atoms with Gasteiger partial charge in [-0.1, -0.05) is 41.9 Å². The summed E-state index contributed by atoms with van der Waals surface area (Å²) in [5.41, 5.74) is 2.79. The second-order valence-corrected chi connectivity index (χ2v) is 9.02. The Morgan fingerprint density at radius 2 is 1.52 bits per heavy atom. The first kappa shape index (κ1) is 24.8. The van der Waals surface area contributed by atoms with Crippen LogP contribution in [0.15, 0.2) is 83.9 Å². The van der Waals surface area contributed by atoms with E-state index in [0.29, 0.717) is 23.7 Å². The maximum Gasteiger partial charge on any atom is 0.138 e. The smallest absolute Gasteiger partial charge is 0.138 e. The van der Waals surface area contributed by atoms with E-state index in [9.17, 15) is 0 Å². The monoisotopic (exact) mass is 463 g/mol. The van der Waals surface area contributed by atoms with Crippen LogP contribution in [0.1, 0.15) is 39.7 Å². The van der Waals surface area contributed by atoms with Gasteiger partial charge in [-0.25, -0.2) is 4.99 Å². The molecule has 0 heterocycles. The molecule has 1 N–H and O–H groups in total. The van der Waals surface area contributed by atoms with Gasteiger partial charge >= 0.3 is 0 Å². The molecule has 0 spiro atoms. The zero-order valence-corrected chi connectivity index (χ0v) is 20.7. The molecule has 0 bridgehead atoms. The zero-order chi connectivity index (χ0) is 23.6. The molecule has 0 unspecified atom stereocenters. The molecule has 0 atom stereocenters. The van der Waals surface area contributed by atoms with Gasteiger partial charge in [-0.15, -0.1) is 0 Å². The second kappa shape index (κ2) is 12.4. The molecule has 3 rings (SSSR count). The number of rotatable bonds is 10. The molecule has 0 amide bonds. The average molecular weight is 464 g/mol. The number of aliphatic imine (C=N–C) groups is 1. The molecule has 0 aliphatic rings. The third-order valence-corrected chi connectivity index (χ3v) is 5.64. The molecule has 0 saturated heterocycles. The summed E-state index contributed by atoms with van der Waals surface area (Å²) in [4.78, 5) is 7.29. The molecule has 0 radical (unpaired) electrons. The molecule has 33 heavy (non-hydrogen) atoms. The summed E-state index contributed by atoms with van der Waals surface area (Å²) < 4.78 is 5.97. The highest BCUT2D eigenvalue weighted by Gasteiger charge is 2.12. The van der Waals surface area contributed by atoms with Gasteiger partial charge in [-0.2, -0.15) is 0 Å². The first-order valence-corrected chi connectivity index (χ1v) is 12.0. The topological polar surface area (TPSA) is 36.9 Å². The van der Waals surface area contributed by atoms with Gasteiger partial charge in [0.15, 0.2) is 0 Å². The Kier molecular flexibility index (Phi) is 9.35. The number of benzene rings is 3. The summed E-state index contributed by atoms with van der Waals surface area (Å²) in [5.74, 6) is 1.64. The largest absolute Gasteiger partial charge is 0.494 e. The minimum absolute atomic E-state index is 0.545. The third-order valence-electron chi connectivity index (χ3n) is 5.39. The lowest BCUT2D eigenvalue weighted by Gasteiger charge is -2.30. The average Bonchev–Trinajstić information content (AvgIpc) is 2.81. The van der Waals surface area contributed by atoms with Crippen molar-refractivity contribution in [1.29, 1.82) is 0 Å². The Bertz CT molecular complexity index is 992. The van der Waals surface area contributed by atoms with E-state index in [4.69, 9.17) is 21.3 Å². The highest BCUT2D eigenvalue weighted by atomic mass is 35.5. The van der Waals surface area contributed by atoms with Crippen LogP contribution in [0.4, 0.5) is 11.4 Å². The molecule has 0 aliphatic heterocycles. The highest BCUT2D eigenvalue weighted by molar-refractivity contribution is 6.30. The Morgan fingerprint density at radius 3 is 2.12 bits per heavy atom. The quantitative estimate of drug-likeness (QED) is 0.193. The fourth-order valence-corrected chi connectivity index (χ4v) is 3.85. The minimum atomic E-state index is 0.545. The van der Waals surface area contributed by atoms with Gasteiger partial charge in [0.1, 0.15) is 11.6 Å². The van der Waals surface area contributed by atoms with Crippen molar-refractivity contribution in [2.45, 2.75) is 46.2 Å². The number of hydrogen-bond acceptors (Lipinski definition) is 3. The van der Waals surface area contributed by atoms with Crippen LogP contribution in [-0.2, 0) is 0 Å². The van der Waals surface area contributed by atoms with E-state index < -0.39 is 0 Å². The minimum Gasteiger partial charge on any atom is -0.494 e. The number of halogens is 1. The predicted molar refractivity (Wildman–Crippen MR) is 141 cm³/mol. The molecule has 4 nitrogen and oxygen atoms in total. The molecule has 0 aromatic heterocycles. The van der Waals surface area contributed by atoms with Crippen molar-refractivity contribution < 1.29 is 4.74 Å². The van der Waals surface area contributed by atoms with Gasteiger partial charge in [-0.05, 0) is 82.6 Å². The van der Waals surface area contributed by atoms with Crippen LogP contribution in [-0.4, -0.2) is 36.0 Å². The molecule has 3 aromatic rings. The highest BCUT2D eigenvalue weighted by Crippen LogP contribution is 2.21. The SMILES string of the molecule is CC(C)N(CCCOc1ccc(NC(=Nc2ccc(Cl)cc2)c2ccccc2)cc1)C(C)C. The van der Waals surface area contributed by atoms with Gasteiger partial charge in [0, 0.05) is 34.9 Å². The van der Waals surface area contributed by atoms with Crippen molar-refractivity contribution in [3.63, 3.8) is 0 Å². The summed E-state index contributed by atoms with van der Waals surface area (Å²) in [7, 11) is 0. The summed E-state index contributed by atoms with van der Waals surface area (Å²) in [6.07, 6.45) is 1.00. The van der Waals surface area contributed by atoms with E-state index in [1.807, 2.05) is 78.9 Å². The van der Waals surface area contributed by atoms with Crippen molar-refractivity contribution >= 4 is 28.8 Å². The Morgan fingerprint density at radius 1 is 0.879 bits per heavy atom. The fraction of sp³-hybridized carbons (Fsp3) is 0.321.